The summed E-state index contributed by atoms with van der Waals surface area (Å²) in [6.07, 6.45) is 0. The molecule has 3 aromatic rings. The third-order valence-electron chi connectivity index (χ3n) is 3.82. The minimum atomic E-state index is -3.85. The minimum Gasteiger partial charge on any atom is -0.253 e. The van der Waals surface area contributed by atoms with Gasteiger partial charge >= 0.3 is 0 Å². The molecule has 2 N–H and O–H groups in total. The Morgan fingerprint density at radius 1 is 0.957 bits per heavy atom. The molecule has 2 aromatic carbocycles. The highest BCUT2D eigenvalue weighted by atomic mass is 32.2. The second kappa shape index (κ2) is 5.76. The summed E-state index contributed by atoms with van der Waals surface area (Å²) >= 11 is 0. The van der Waals surface area contributed by atoms with Gasteiger partial charge in [0.2, 0.25) is 10.0 Å². The van der Waals surface area contributed by atoms with Gasteiger partial charge in [-0.1, -0.05) is 50.2 Å². The predicted octanol–water partition coefficient (Wildman–Crippen LogP) is 3.67. The van der Waals surface area contributed by atoms with Crippen LogP contribution in [0.2, 0.25) is 0 Å². The summed E-state index contributed by atoms with van der Waals surface area (Å²) in [5, 5.41) is 7.21. The van der Waals surface area contributed by atoms with E-state index in [2.05, 4.69) is 18.8 Å². The maximum atomic E-state index is 12.0. The van der Waals surface area contributed by atoms with E-state index >= 15 is 0 Å². The van der Waals surface area contributed by atoms with Crippen LogP contribution in [0, 0.1) is 0 Å². The van der Waals surface area contributed by atoms with Gasteiger partial charge in [0, 0.05) is 11.3 Å². The molecule has 23 heavy (non-hydrogen) atoms. The highest BCUT2D eigenvalue weighted by Gasteiger charge is 2.19. The number of aromatic nitrogens is 1. The lowest BCUT2D eigenvalue weighted by molar-refractivity contribution is 0.598. The second-order valence-corrected chi connectivity index (χ2v) is 7.34. The monoisotopic (exact) mass is 326 g/mol. The van der Waals surface area contributed by atoms with E-state index in [0.717, 1.165) is 16.5 Å². The molecule has 0 saturated heterocycles. The summed E-state index contributed by atoms with van der Waals surface area (Å²) in [4.78, 5) is 4.75. The SMILES string of the molecule is CC(C)c1cccc(-c2c(S(N)(=O)=O)ccc3ccccc23)n1. The summed E-state index contributed by atoms with van der Waals surface area (Å²) in [6, 6.07) is 16.6. The molecule has 118 valence electrons. The lowest BCUT2D eigenvalue weighted by Gasteiger charge is -2.13. The molecule has 4 nitrogen and oxygen atoms in total. The van der Waals surface area contributed by atoms with Gasteiger partial charge in [-0.15, -0.1) is 0 Å². The van der Waals surface area contributed by atoms with Crippen LogP contribution >= 0.6 is 0 Å². The molecule has 0 aliphatic heterocycles. The second-order valence-electron chi connectivity index (χ2n) is 5.81. The molecule has 0 fully saturated rings. The molecule has 0 amide bonds. The number of sulfonamides is 1. The number of pyridine rings is 1. The zero-order chi connectivity index (χ0) is 16.6. The van der Waals surface area contributed by atoms with Gasteiger partial charge in [0.15, 0.2) is 0 Å². The number of nitrogens with zero attached hydrogens (tertiary/aromatic N) is 1. The van der Waals surface area contributed by atoms with Crippen molar-refractivity contribution in [3.63, 3.8) is 0 Å². The van der Waals surface area contributed by atoms with Crippen molar-refractivity contribution in [2.24, 2.45) is 5.14 Å². The van der Waals surface area contributed by atoms with E-state index in [1.165, 1.54) is 0 Å². The van der Waals surface area contributed by atoms with Crippen LogP contribution in [-0.2, 0) is 10.0 Å². The number of hydrogen-bond acceptors (Lipinski definition) is 3. The number of rotatable bonds is 3. The van der Waals surface area contributed by atoms with Crippen LogP contribution in [-0.4, -0.2) is 13.4 Å². The smallest absolute Gasteiger partial charge is 0.238 e. The third kappa shape index (κ3) is 2.98. The molecule has 0 aliphatic carbocycles. The van der Waals surface area contributed by atoms with E-state index in [0.29, 0.717) is 11.3 Å². The topological polar surface area (TPSA) is 73.1 Å². The Hall–Kier alpha value is -2.24. The van der Waals surface area contributed by atoms with E-state index in [1.807, 2.05) is 42.5 Å². The Morgan fingerprint density at radius 2 is 1.70 bits per heavy atom. The molecule has 0 atom stereocenters. The number of nitrogens with two attached hydrogens (primary N) is 1. The largest absolute Gasteiger partial charge is 0.253 e. The van der Waals surface area contributed by atoms with Crippen molar-refractivity contribution in [2.45, 2.75) is 24.7 Å². The normalized spacial score (nSPS) is 12.0. The molecule has 0 unspecified atom stereocenters. The third-order valence-corrected chi connectivity index (χ3v) is 4.77. The molecule has 0 spiro atoms. The van der Waals surface area contributed by atoms with Crippen molar-refractivity contribution >= 4 is 20.8 Å². The van der Waals surface area contributed by atoms with Gasteiger partial charge in [-0.2, -0.15) is 0 Å². The van der Waals surface area contributed by atoms with Gasteiger partial charge in [-0.3, -0.25) is 4.98 Å². The quantitative estimate of drug-likeness (QED) is 0.798. The molecule has 1 heterocycles. The van der Waals surface area contributed by atoms with Crippen molar-refractivity contribution in [1.82, 2.24) is 4.98 Å². The van der Waals surface area contributed by atoms with Crippen LogP contribution in [0.25, 0.3) is 22.0 Å². The number of hydrogen-bond donors (Lipinski definition) is 1. The maximum Gasteiger partial charge on any atom is 0.238 e. The van der Waals surface area contributed by atoms with Crippen molar-refractivity contribution < 1.29 is 8.42 Å². The standard InChI is InChI=1S/C18H18N2O2S/c1-12(2)15-8-5-9-16(20-15)18-14-7-4-3-6-13(14)10-11-17(18)23(19,21)22/h3-12H,1-2H3,(H2,19,21,22). The van der Waals surface area contributed by atoms with Crippen molar-refractivity contribution in [3.8, 4) is 11.3 Å². The first kappa shape index (κ1) is 15.6. The van der Waals surface area contributed by atoms with Gasteiger partial charge in [-0.25, -0.2) is 13.6 Å². The Morgan fingerprint density at radius 3 is 2.39 bits per heavy atom. The number of benzene rings is 2. The Kier molecular flexibility index (Phi) is 3.92. The van der Waals surface area contributed by atoms with E-state index < -0.39 is 10.0 Å². The molecule has 5 heteroatoms. The highest BCUT2D eigenvalue weighted by molar-refractivity contribution is 7.89. The van der Waals surface area contributed by atoms with Crippen LogP contribution in [0.4, 0.5) is 0 Å². The zero-order valence-corrected chi connectivity index (χ0v) is 13.8. The summed E-state index contributed by atoms with van der Waals surface area (Å²) in [5.41, 5.74) is 2.10. The van der Waals surface area contributed by atoms with Crippen LogP contribution < -0.4 is 5.14 Å². The van der Waals surface area contributed by atoms with Crippen LogP contribution in [0.15, 0.2) is 59.5 Å². The summed E-state index contributed by atoms with van der Waals surface area (Å²) in [7, 11) is -3.85. The predicted molar refractivity (Wildman–Crippen MR) is 92.6 cm³/mol. The van der Waals surface area contributed by atoms with E-state index in [4.69, 9.17) is 5.14 Å². The van der Waals surface area contributed by atoms with Gasteiger partial charge in [0.25, 0.3) is 0 Å². The van der Waals surface area contributed by atoms with Crippen LogP contribution in [0.3, 0.4) is 0 Å². The fourth-order valence-corrected chi connectivity index (χ4v) is 3.42. The van der Waals surface area contributed by atoms with Gasteiger partial charge in [0.05, 0.1) is 10.6 Å². The molecule has 3 rings (SSSR count). The maximum absolute atomic E-state index is 12.0. The lowest BCUT2D eigenvalue weighted by Crippen LogP contribution is -2.14. The van der Waals surface area contributed by atoms with E-state index in [9.17, 15) is 8.42 Å². The Labute approximate surface area is 136 Å². The summed E-state index contributed by atoms with van der Waals surface area (Å²) < 4.78 is 24.1. The van der Waals surface area contributed by atoms with Crippen LogP contribution in [0.5, 0.6) is 0 Å². The lowest BCUT2D eigenvalue weighted by atomic mass is 10.0. The number of fused-ring (bicyclic) bond motifs is 1. The average molecular weight is 326 g/mol. The van der Waals surface area contributed by atoms with Crippen molar-refractivity contribution in [2.75, 3.05) is 0 Å². The molecular formula is C18H18N2O2S. The van der Waals surface area contributed by atoms with Crippen molar-refractivity contribution in [3.05, 3.63) is 60.3 Å². The Balaban J connectivity index is 2.41. The minimum absolute atomic E-state index is 0.101. The van der Waals surface area contributed by atoms with Gasteiger partial charge in [0.1, 0.15) is 0 Å². The fraction of sp³-hybridized carbons (Fsp3) is 0.167. The van der Waals surface area contributed by atoms with Crippen LogP contribution in [0.1, 0.15) is 25.5 Å². The molecule has 1 aromatic heterocycles. The van der Waals surface area contributed by atoms with E-state index in [-0.39, 0.29) is 10.8 Å². The van der Waals surface area contributed by atoms with Crippen molar-refractivity contribution in [1.29, 1.82) is 0 Å². The molecule has 0 aliphatic rings. The summed E-state index contributed by atoms with van der Waals surface area (Å²) in [5.74, 6) is 0.253. The fourth-order valence-electron chi connectivity index (χ4n) is 2.67. The number of primary sulfonamides is 1. The molecule has 0 radical (unpaired) electrons. The average Bonchev–Trinajstić information content (AvgIpc) is 2.53. The first-order valence-electron chi connectivity index (χ1n) is 7.40. The molecule has 0 bridgehead atoms. The first-order chi connectivity index (χ1) is 10.9. The molecule has 0 saturated carbocycles. The molecular weight excluding hydrogens is 308 g/mol. The van der Waals surface area contributed by atoms with Gasteiger partial charge < -0.3 is 0 Å². The Bertz CT molecular complexity index is 979. The first-order valence-corrected chi connectivity index (χ1v) is 8.94. The highest BCUT2D eigenvalue weighted by Crippen LogP contribution is 2.33. The zero-order valence-electron chi connectivity index (χ0n) is 13.0. The summed E-state index contributed by atoms with van der Waals surface area (Å²) in [6.45, 7) is 4.10. The van der Waals surface area contributed by atoms with E-state index in [1.54, 1.807) is 12.1 Å². The van der Waals surface area contributed by atoms with Gasteiger partial charge in [-0.05, 0) is 34.9 Å².